The van der Waals surface area contributed by atoms with E-state index in [0.29, 0.717) is 17.4 Å². The van der Waals surface area contributed by atoms with Gasteiger partial charge < -0.3 is 19.3 Å². The molecule has 0 saturated carbocycles. The molecule has 2 saturated heterocycles. The Balaban J connectivity index is 1.57. The predicted molar refractivity (Wildman–Crippen MR) is 113 cm³/mol. The molecule has 2 aliphatic heterocycles. The average Bonchev–Trinajstić information content (AvgIpc) is 2.73. The van der Waals surface area contributed by atoms with E-state index in [-0.39, 0.29) is 5.91 Å². The minimum absolute atomic E-state index is 0.0850. The largest absolute Gasteiger partial charge is 0.493 e. The lowest BCUT2D eigenvalue weighted by Crippen LogP contribution is -2.44. The van der Waals surface area contributed by atoms with E-state index in [2.05, 4.69) is 11.8 Å². The lowest BCUT2D eigenvalue weighted by atomic mass is 9.94. The van der Waals surface area contributed by atoms with E-state index in [1.165, 1.54) is 32.4 Å². The highest BCUT2D eigenvalue weighted by Gasteiger charge is 2.25. The van der Waals surface area contributed by atoms with Gasteiger partial charge in [-0.1, -0.05) is 19.1 Å². The Bertz CT molecular complexity index is 680. The topological polar surface area (TPSA) is 42.0 Å². The van der Waals surface area contributed by atoms with Crippen molar-refractivity contribution in [2.24, 2.45) is 11.8 Å². The van der Waals surface area contributed by atoms with Gasteiger partial charge in [0.2, 0.25) is 5.91 Å². The molecule has 154 valence electrons. The molecule has 0 N–H and O–H groups in total. The summed E-state index contributed by atoms with van der Waals surface area (Å²) < 4.78 is 10.8. The molecule has 2 aliphatic rings. The highest BCUT2D eigenvalue weighted by molar-refractivity contribution is 5.92. The smallest absolute Gasteiger partial charge is 0.246 e. The number of rotatable bonds is 6. The minimum atomic E-state index is 0.0850. The number of hydrogen-bond donors (Lipinski definition) is 0. The van der Waals surface area contributed by atoms with Gasteiger partial charge in [-0.15, -0.1) is 0 Å². The lowest BCUT2D eigenvalue weighted by Gasteiger charge is -2.37. The average molecular weight is 387 g/mol. The van der Waals surface area contributed by atoms with Gasteiger partial charge in [0.25, 0.3) is 0 Å². The van der Waals surface area contributed by atoms with E-state index < -0.39 is 0 Å². The number of piperidine rings is 2. The molecule has 1 amide bonds. The molecule has 28 heavy (non-hydrogen) atoms. The van der Waals surface area contributed by atoms with Gasteiger partial charge >= 0.3 is 0 Å². The van der Waals surface area contributed by atoms with Crippen LogP contribution in [0.3, 0.4) is 0 Å². The maximum atomic E-state index is 12.8. The Morgan fingerprint density at radius 3 is 2.64 bits per heavy atom. The number of likely N-dealkylation sites (tertiary alicyclic amines) is 2. The maximum Gasteiger partial charge on any atom is 0.246 e. The van der Waals surface area contributed by atoms with Gasteiger partial charge in [0, 0.05) is 31.3 Å². The molecule has 5 nitrogen and oxygen atoms in total. The summed E-state index contributed by atoms with van der Waals surface area (Å²) in [5.41, 5.74) is 0.853. The molecule has 2 fully saturated rings. The molecule has 1 atom stereocenters. The summed E-state index contributed by atoms with van der Waals surface area (Å²) in [6.07, 6.45) is 8.43. The van der Waals surface area contributed by atoms with Crippen molar-refractivity contribution in [1.29, 1.82) is 0 Å². The highest BCUT2D eigenvalue weighted by atomic mass is 16.5. The number of hydrogen-bond acceptors (Lipinski definition) is 4. The number of ether oxygens (including phenoxy) is 2. The van der Waals surface area contributed by atoms with E-state index in [1.54, 1.807) is 20.3 Å². The molecule has 0 bridgehead atoms. The highest BCUT2D eigenvalue weighted by Crippen LogP contribution is 2.31. The number of carbonyl (C=O) groups is 1. The van der Waals surface area contributed by atoms with Crippen LogP contribution in [0.5, 0.6) is 11.5 Å². The summed E-state index contributed by atoms with van der Waals surface area (Å²) in [5, 5.41) is 0. The molecule has 1 aromatic rings. The van der Waals surface area contributed by atoms with E-state index in [0.717, 1.165) is 37.5 Å². The summed E-state index contributed by atoms with van der Waals surface area (Å²) in [4.78, 5) is 17.4. The van der Waals surface area contributed by atoms with Crippen LogP contribution in [0.2, 0.25) is 0 Å². The Labute approximate surface area is 169 Å². The van der Waals surface area contributed by atoms with Crippen molar-refractivity contribution in [3.8, 4) is 11.5 Å². The number of benzene rings is 1. The zero-order chi connectivity index (χ0) is 19.9. The second-order valence-corrected chi connectivity index (χ2v) is 8.19. The second-order valence-electron chi connectivity index (χ2n) is 8.19. The van der Waals surface area contributed by atoms with Crippen LogP contribution in [0.1, 0.15) is 38.2 Å². The van der Waals surface area contributed by atoms with Crippen LogP contribution in [0, 0.1) is 11.8 Å². The van der Waals surface area contributed by atoms with Gasteiger partial charge in [0.15, 0.2) is 11.5 Å². The van der Waals surface area contributed by atoms with Crippen LogP contribution in [0.15, 0.2) is 24.3 Å². The van der Waals surface area contributed by atoms with Crippen LogP contribution in [0.25, 0.3) is 6.08 Å². The second kappa shape index (κ2) is 9.97. The normalized spacial score (nSPS) is 21.8. The molecule has 2 heterocycles. The Morgan fingerprint density at radius 1 is 1.14 bits per heavy atom. The molecular weight excluding hydrogens is 352 g/mol. The quantitative estimate of drug-likeness (QED) is 0.700. The van der Waals surface area contributed by atoms with Crippen LogP contribution >= 0.6 is 0 Å². The molecule has 0 radical (unpaired) electrons. The van der Waals surface area contributed by atoms with Crippen LogP contribution in [0.4, 0.5) is 0 Å². The van der Waals surface area contributed by atoms with Crippen molar-refractivity contribution in [3.63, 3.8) is 0 Å². The monoisotopic (exact) mass is 386 g/mol. The summed E-state index contributed by atoms with van der Waals surface area (Å²) in [7, 11) is 3.24. The van der Waals surface area contributed by atoms with Crippen molar-refractivity contribution in [2.75, 3.05) is 46.9 Å². The summed E-state index contributed by atoms with van der Waals surface area (Å²) >= 11 is 0. The summed E-state index contributed by atoms with van der Waals surface area (Å²) in [6, 6.07) is 5.69. The van der Waals surface area contributed by atoms with Crippen molar-refractivity contribution in [3.05, 3.63) is 29.8 Å². The number of amides is 1. The zero-order valence-corrected chi connectivity index (χ0v) is 17.5. The van der Waals surface area contributed by atoms with E-state index in [1.807, 2.05) is 29.2 Å². The third kappa shape index (κ3) is 5.28. The fourth-order valence-corrected chi connectivity index (χ4v) is 4.33. The summed E-state index contributed by atoms with van der Waals surface area (Å²) in [5.74, 6) is 2.86. The molecular formula is C23H34N2O3. The van der Waals surface area contributed by atoms with Gasteiger partial charge in [0.1, 0.15) is 0 Å². The van der Waals surface area contributed by atoms with Crippen molar-refractivity contribution in [1.82, 2.24) is 9.80 Å². The third-order valence-corrected chi connectivity index (χ3v) is 6.06. The predicted octanol–water partition coefficient (Wildman–Crippen LogP) is 3.69. The van der Waals surface area contributed by atoms with E-state index >= 15 is 0 Å². The first-order valence-electron chi connectivity index (χ1n) is 10.5. The standard InChI is InChI=1S/C23H34N2O3/c1-18-11-14-24(15-12-18)16-19-6-5-13-25(17-19)22(26)10-9-20-7-4-8-21(27-2)23(20)28-3/h4,7-10,18-19H,5-6,11-17H2,1-3H3/b10-9+. The molecule has 0 aliphatic carbocycles. The third-order valence-electron chi connectivity index (χ3n) is 6.06. The number of carbonyl (C=O) groups excluding carboxylic acids is 1. The van der Waals surface area contributed by atoms with Gasteiger partial charge in [-0.2, -0.15) is 0 Å². The first-order chi connectivity index (χ1) is 13.6. The molecule has 3 rings (SSSR count). The molecule has 1 aromatic carbocycles. The number of para-hydroxylation sites is 1. The van der Waals surface area contributed by atoms with Crippen LogP contribution < -0.4 is 9.47 Å². The first kappa shape index (κ1) is 20.7. The van der Waals surface area contributed by atoms with Crippen molar-refractivity contribution < 1.29 is 14.3 Å². The van der Waals surface area contributed by atoms with Crippen LogP contribution in [-0.2, 0) is 4.79 Å². The fourth-order valence-electron chi connectivity index (χ4n) is 4.33. The summed E-state index contributed by atoms with van der Waals surface area (Å²) in [6.45, 7) is 7.62. The molecule has 1 unspecified atom stereocenters. The van der Waals surface area contributed by atoms with E-state index in [9.17, 15) is 4.79 Å². The lowest BCUT2D eigenvalue weighted by molar-refractivity contribution is -0.127. The van der Waals surface area contributed by atoms with Crippen molar-refractivity contribution >= 4 is 12.0 Å². The van der Waals surface area contributed by atoms with Crippen LogP contribution in [-0.4, -0.2) is 62.7 Å². The Kier molecular flexibility index (Phi) is 7.37. The molecule has 0 spiro atoms. The Morgan fingerprint density at radius 2 is 1.93 bits per heavy atom. The maximum absolute atomic E-state index is 12.8. The number of methoxy groups -OCH3 is 2. The number of nitrogens with zero attached hydrogens (tertiary/aromatic N) is 2. The van der Waals surface area contributed by atoms with Gasteiger partial charge in [0.05, 0.1) is 14.2 Å². The Hall–Kier alpha value is -2.01. The SMILES string of the molecule is COc1cccc(/C=C/C(=O)N2CCCC(CN3CCC(C)CC3)C2)c1OC. The fraction of sp³-hybridized carbons (Fsp3) is 0.609. The zero-order valence-electron chi connectivity index (χ0n) is 17.5. The van der Waals surface area contributed by atoms with E-state index in [4.69, 9.17) is 9.47 Å². The minimum Gasteiger partial charge on any atom is -0.493 e. The van der Waals surface area contributed by atoms with Gasteiger partial charge in [-0.25, -0.2) is 0 Å². The van der Waals surface area contributed by atoms with Crippen molar-refractivity contribution in [2.45, 2.75) is 32.6 Å². The van der Waals surface area contributed by atoms with Gasteiger partial charge in [-0.3, -0.25) is 4.79 Å². The molecule has 0 aromatic heterocycles. The van der Waals surface area contributed by atoms with Gasteiger partial charge in [-0.05, 0) is 62.8 Å². The molecule has 5 heteroatoms. The first-order valence-corrected chi connectivity index (χ1v) is 10.5.